The van der Waals surface area contributed by atoms with Crippen LogP contribution in [0, 0.1) is 0 Å². The molecule has 3 aromatic rings. The average Bonchev–Trinajstić information content (AvgIpc) is 2.66. The highest BCUT2D eigenvalue weighted by Crippen LogP contribution is 2.31. The molecule has 0 radical (unpaired) electrons. The van der Waals surface area contributed by atoms with Gasteiger partial charge in [-0.2, -0.15) is 4.98 Å². The Kier molecular flexibility index (Phi) is 5.18. The Morgan fingerprint density at radius 1 is 1.00 bits per heavy atom. The van der Waals surface area contributed by atoms with Gasteiger partial charge in [-0.1, -0.05) is 19.1 Å². The van der Waals surface area contributed by atoms with Gasteiger partial charge in [0.2, 0.25) is 5.95 Å². The molecule has 0 amide bonds. The molecule has 0 aliphatic carbocycles. The Hall–Kier alpha value is -3.02. The Morgan fingerprint density at radius 2 is 1.84 bits per heavy atom. The van der Waals surface area contributed by atoms with E-state index in [-0.39, 0.29) is 0 Å². The van der Waals surface area contributed by atoms with Crippen molar-refractivity contribution in [1.29, 1.82) is 0 Å². The van der Waals surface area contributed by atoms with Crippen LogP contribution in [0.2, 0.25) is 0 Å². The molecule has 0 fully saturated rings. The lowest BCUT2D eigenvalue weighted by atomic mass is 10.2. The van der Waals surface area contributed by atoms with Gasteiger partial charge in [0.1, 0.15) is 17.3 Å². The first-order chi connectivity index (χ1) is 12.2. The summed E-state index contributed by atoms with van der Waals surface area (Å²) in [6.07, 6.45) is 1.02. The van der Waals surface area contributed by atoms with Crippen LogP contribution in [-0.2, 0) is 0 Å². The van der Waals surface area contributed by atoms with Crippen LogP contribution in [-0.4, -0.2) is 30.7 Å². The van der Waals surface area contributed by atoms with Crippen molar-refractivity contribution in [3.05, 3.63) is 42.5 Å². The summed E-state index contributed by atoms with van der Waals surface area (Å²) in [5.41, 5.74) is 1.62. The maximum absolute atomic E-state index is 5.41. The second kappa shape index (κ2) is 7.70. The molecule has 2 N–H and O–H groups in total. The summed E-state index contributed by atoms with van der Waals surface area (Å²) in [5, 5.41) is 7.61. The Morgan fingerprint density at radius 3 is 2.60 bits per heavy atom. The minimum Gasteiger partial charge on any atom is -0.497 e. The molecule has 0 atom stereocenters. The smallest absolute Gasteiger partial charge is 0.229 e. The lowest BCUT2D eigenvalue weighted by Gasteiger charge is -2.14. The molecule has 0 aliphatic heterocycles. The van der Waals surface area contributed by atoms with E-state index in [2.05, 4.69) is 27.5 Å². The molecule has 0 spiro atoms. The molecule has 0 saturated carbocycles. The highest BCUT2D eigenvalue weighted by atomic mass is 16.5. The summed E-state index contributed by atoms with van der Waals surface area (Å²) in [4.78, 5) is 9.25. The van der Waals surface area contributed by atoms with Crippen molar-refractivity contribution in [2.75, 3.05) is 31.4 Å². The number of rotatable bonds is 7. The molecule has 0 bridgehead atoms. The van der Waals surface area contributed by atoms with E-state index in [1.54, 1.807) is 14.2 Å². The van der Waals surface area contributed by atoms with Gasteiger partial charge in [-0.05, 0) is 30.7 Å². The normalized spacial score (nSPS) is 10.5. The van der Waals surface area contributed by atoms with Crippen molar-refractivity contribution in [2.45, 2.75) is 13.3 Å². The van der Waals surface area contributed by atoms with Crippen molar-refractivity contribution in [1.82, 2.24) is 9.97 Å². The molecule has 1 heterocycles. The predicted octanol–water partition coefficient (Wildman–Crippen LogP) is 4.21. The Balaban J connectivity index is 2.01. The van der Waals surface area contributed by atoms with E-state index in [1.165, 1.54) is 0 Å². The van der Waals surface area contributed by atoms with Gasteiger partial charge >= 0.3 is 0 Å². The number of fused-ring (bicyclic) bond motifs is 1. The predicted molar refractivity (Wildman–Crippen MR) is 101 cm³/mol. The van der Waals surface area contributed by atoms with Crippen molar-refractivity contribution in [3.8, 4) is 11.5 Å². The first-order valence-corrected chi connectivity index (χ1v) is 8.25. The fraction of sp³-hybridized carbons (Fsp3) is 0.263. The van der Waals surface area contributed by atoms with Crippen LogP contribution in [0.4, 0.5) is 17.5 Å². The van der Waals surface area contributed by atoms with Gasteiger partial charge < -0.3 is 20.1 Å². The van der Waals surface area contributed by atoms with E-state index in [0.29, 0.717) is 11.7 Å². The third-order valence-corrected chi connectivity index (χ3v) is 3.80. The summed E-state index contributed by atoms with van der Waals surface area (Å²) in [6.45, 7) is 2.97. The van der Waals surface area contributed by atoms with Gasteiger partial charge in [-0.3, -0.25) is 0 Å². The maximum Gasteiger partial charge on any atom is 0.229 e. The molecule has 2 aromatic carbocycles. The Labute approximate surface area is 147 Å². The van der Waals surface area contributed by atoms with E-state index in [9.17, 15) is 0 Å². The van der Waals surface area contributed by atoms with E-state index < -0.39 is 0 Å². The second-order valence-electron chi connectivity index (χ2n) is 5.53. The van der Waals surface area contributed by atoms with Gasteiger partial charge in [0.15, 0.2) is 0 Å². The number of aromatic nitrogens is 2. The number of nitrogens with zero attached hydrogens (tertiary/aromatic N) is 2. The molecule has 0 unspecified atom stereocenters. The number of methoxy groups -OCH3 is 2. The standard InChI is InChI=1S/C19H22N4O2/c1-4-11-20-18-14-7-5-6-8-15(14)21-19(23-18)22-16-12-13(24-2)9-10-17(16)25-3/h5-10,12H,4,11H2,1-3H3,(H2,20,21,22,23). The number of benzene rings is 2. The van der Waals surface area contributed by atoms with Crippen LogP contribution >= 0.6 is 0 Å². The zero-order chi connectivity index (χ0) is 17.6. The molecule has 0 saturated heterocycles. The third kappa shape index (κ3) is 3.74. The molecule has 6 nitrogen and oxygen atoms in total. The minimum absolute atomic E-state index is 0.504. The number of para-hydroxylation sites is 1. The second-order valence-corrected chi connectivity index (χ2v) is 5.53. The van der Waals surface area contributed by atoms with Crippen molar-refractivity contribution in [2.24, 2.45) is 0 Å². The fourth-order valence-electron chi connectivity index (χ4n) is 2.54. The lowest BCUT2D eigenvalue weighted by Crippen LogP contribution is -2.06. The van der Waals surface area contributed by atoms with Crippen LogP contribution in [0.3, 0.4) is 0 Å². The van der Waals surface area contributed by atoms with Crippen molar-refractivity contribution < 1.29 is 9.47 Å². The van der Waals surface area contributed by atoms with Gasteiger partial charge in [-0.25, -0.2) is 4.98 Å². The van der Waals surface area contributed by atoms with Crippen molar-refractivity contribution in [3.63, 3.8) is 0 Å². The van der Waals surface area contributed by atoms with E-state index >= 15 is 0 Å². The first kappa shape index (κ1) is 16.8. The molecular weight excluding hydrogens is 316 g/mol. The molecule has 25 heavy (non-hydrogen) atoms. The number of hydrogen-bond donors (Lipinski definition) is 2. The van der Waals surface area contributed by atoms with Gasteiger partial charge in [0.05, 0.1) is 25.4 Å². The van der Waals surface area contributed by atoms with Gasteiger partial charge in [0.25, 0.3) is 0 Å². The van der Waals surface area contributed by atoms with Crippen LogP contribution in [0.25, 0.3) is 10.9 Å². The van der Waals surface area contributed by atoms with Crippen LogP contribution in [0.15, 0.2) is 42.5 Å². The topological polar surface area (TPSA) is 68.3 Å². The quantitative estimate of drug-likeness (QED) is 0.672. The molecule has 130 valence electrons. The van der Waals surface area contributed by atoms with Crippen LogP contribution < -0.4 is 20.1 Å². The fourth-order valence-corrected chi connectivity index (χ4v) is 2.54. The lowest BCUT2D eigenvalue weighted by molar-refractivity contribution is 0.405. The monoisotopic (exact) mass is 338 g/mol. The number of hydrogen-bond acceptors (Lipinski definition) is 6. The largest absolute Gasteiger partial charge is 0.497 e. The third-order valence-electron chi connectivity index (χ3n) is 3.80. The summed E-state index contributed by atoms with van der Waals surface area (Å²) in [6, 6.07) is 13.5. The number of ether oxygens (including phenoxy) is 2. The minimum atomic E-state index is 0.504. The molecular formula is C19H22N4O2. The zero-order valence-corrected chi connectivity index (χ0v) is 14.7. The highest BCUT2D eigenvalue weighted by Gasteiger charge is 2.10. The summed E-state index contributed by atoms with van der Waals surface area (Å²) in [7, 11) is 3.26. The van der Waals surface area contributed by atoms with Crippen molar-refractivity contribution >= 4 is 28.4 Å². The SMILES string of the molecule is CCCNc1nc(Nc2cc(OC)ccc2OC)nc2ccccc12. The van der Waals surface area contributed by atoms with E-state index in [4.69, 9.17) is 9.47 Å². The highest BCUT2D eigenvalue weighted by molar-refractivity contribution is 5.90. The van der Waals surface area contributed by atoms with E-state index in [1.807, 2.05) is 42.5 Å². The molecule has 6 heteroatoms. The molecule has 0 aliphatic rings. The summed E-state index contributed by atoms with van der Waals surface area (Å²) >= 11 is 0. The molecule has 1 aromatic heterocycles. The molecule has 3 rings (SSSR count). The van der Waals surface area contributed by atoms with E-state index in [0.717, 1.165) is 41.1 Å². The number of nitrogens with one attached hydrogen (secondary N) is 2. The summed E-state index contributed by atoms with van der Waals surface area (Å²) < 4.78 is 10.7. The van der Waals surface area contributed by atoms with Gasteiger partial charge in [-0.15, -0.1) is 0 Å². The van der Waals surface area contributed by atoms with Crippen LogP contribution in [0.5, 0.6) is 11.5 Å². The Bertz CT molecular complexity index is 867. The first-order valence-electron chi connectivity index (χ1n) is 8.25. The average molecular weight is 338 g/mol. The zero-order valence-electron chi connectivity index (χ0n) is 14.7. The van der Waals surface area contributed by atoms with Crippen LogP contribution in [0.1, 0.15) is 13.3 Å². The maximum atomic E-state index is 5.41. The number of anilines is 3. The summed E-state index contributed by atoms with van der Waals surface area (Å²) in [5.74, 6) is 2.75. The van der Waals surface area contributed by atoms with Gasteiger partial charge in [0, 0.05) is 18.0 Å².